The van der Waals surface area contributed by atoms with E-state index in [-0.39, 0.29) is 12.1 Å². The summed E-state index contributed by atoms with van der Waals surface area (Å²) in [5.41, 5.74) is 3.53. The number of ether oxygens (including phenoxy) is 1. The first-order valence-electron chi connectivity index (χ1n) is 8.47. The fourth-order valence-electron chi connectivity index (χ4n) is 3.44. The molecule has 2 heterocycles. The maximum Gasteiger partial charge on any atom is 0.318 e. The fourth-order valence-corrected chi connectivity index (χ4v) is 3.44. The van der Waals surface area contributed by atoms with Gasteiger partial charge in [-0.05, 0) is 43.2 Å². The Bertz CT molecular complexity index is 723. The lowest BCUT2D eigenvalue weighted by Gasteiger charge is -2.37. The van der Waals surface area contributed by atoms with Gasteiger partial charge in [0.25, 0.3) is 0 Å². The van der Waals surface area contributed by atoms with Crippen molar-refractivity contribution in [3.8, 4) is 5.75 Å². The minimum atomic E-state index is -0.00484. The lowest BCUT2D eigenvalue weighted by molar-refractivity contribution is 0.152. The number of carbonyl (C=O) groups excluding carboxylic acids is 1. The number of hydrogen-bond acceptors (Lipinski definition) is 2. The number of amides is 2. The average Bonchev–Trinajstić information content (AvgIpc) is 3.00. The Morgan fingerprint density at radius 3 is 2.88 bits per heavy atom. The summed E-state index contributed by atoms with van der Waals surface area (Å²) in [4.78, 5) is 14.6. The van der Waals surface area contributed by atoms with E-state index >= 15 is 0 Å². The topological polar surface area (TPSA) is 46.5 Å². The van der Waals surface area contributed by atoms with Gasteiger partial charge in [-0.2, -0.15) is 0 Å². The normalized spacial score (nSPS) is 16.6. The molecule has 1 unspecified atom stereocenters. The highest BCUT2D eigenvalue weighted by atomic mass is 16.5. The van der Waals surface area contributed by atoms with Crippen LogP contribution in [0.15, 0.2) is 36.4 Å². The van der Waals surface area contributed by atoms with Gasteiger partial charge in [0.15, 0.2) is 0 Å². The summed E-state index contributed by atoms with van der Waals surface area (Å²) in [6.45, 7) is 6.35. The third kappa shape index (κ3) is 3.11. The smallest absolute Gasteiger partial charge is 0.318 e. The van der Waals surface area contributed by atoms with Crippen LogP contribution in [0.2, 0.25) is 0 Å². The Morgan fingerprint density at radius 1 is 1.29 bits per heavy atom. The molecule has 24 heavy (non-hydrogen) atoms. The summed E-state index contributed by atoms with van der Waals surface area (Å²) in [5, 5.41) is 3.04. The molecule has 0 aliphatic carbocycles. The second-order valence-corrected chi connectivity index (χ2v) is 6.18. The summed E-state index contributed by atoms with van der Waals surface area (Å²) in [6.07, 6.45) is 0.913. The fraction of sp³-hybridized carbons (Fsp3) is 0.421. The first kappa shape index (κ1) is 16.4. The second-order valence-electron chi connectivity index (χ2n) is 6.18. The van der Waals surface area contributed by atoms with Gasteiger partial charge in [-0.3, -0.25) is 0 Å². The molecular weight excluding hydrogens is 302 g/mol. The van der Waals surface area contributed by atoms with Gasteiger partial charge in [0, 0.05) is 31.0 Å². The van der Waals surface area contributed by atoms with Crippen molar-refractivity contribution < 1.29 is 9.53 Å². The third-order valence-electron chi connectivity index (χ3n) is 4.74. The molecule has 3 rings (SSSR count). The average molecular weight is 327 g/mol. The van der Waals surface area contributed by atoms with E-state index in [2.05, 4.69) is 35.9 Å². The number of fused-ring (bicyclic) bond motifs is 1. The molecule has 128 valence electrons. The maximum absolute atomic E-state index is 12.7. The van der Waals surface area contributed by atoms with Gasteiger partial charge >= 0.3 is 6.03 Å². The van der Waals surface area contributed by atoms with Gasteiger partial charge in [-0.15, -0.1) is 0 Å². The predicted molar refractivity (Wildman–Crippen MR) is 94.1 cm³/mol. The Hall–Kier alpha value is -2.43. The molecule has 0 saturated carbocycles. The zero-order valence-electron chi connectivity index (χ0n) is 14.6. The number of aryl methyl sites for hydroxylation is 1. The number of aromatic nitrogens is 1. The number of nitrogens with zero attached hydrogens (tertiary/aromatic N) is 2. The van der Waals surface area contributed by atoms with Gasteiger partial charge in [-0.1, -0.05) is 19.1 Å². The zero-order valence-corrected chi connectivity index (χ0v) is 14.6. The Labute approximate surface area is 143 Å². The van der Waals surface area contributed by atoms with Gasteiger partial charge in [0.05, 0.1) is 13.2 Å². The minimum Gasteiger partial charge on any atom is -0.497 e. The number of benzene rings is 1. The summed E-state index contributed by atoms with van der Waals surface area (Å²) in [5.74, 6) is 0.805. The Kier molecular flexibility index (Phi) is 4.79. The summed E-state index contributed by atoms with van der Waals surface area (Å²) < 4.78 is 7.55. The Morgan fingerprint density at radius 2 is 2.12 bits per heavy atom. The largest absolute Gasteiger partial charge is 0.497 e. The molecule has 0 bridgehead atoms. The zero-order chi connectivity index (χ0) is 17.1. The van der Waals surface area contributed by atoms with Crippen LogP contribution in [0.5, 0.6) is 5.75 Å². The molecule has 0 saturated heterocycles. The van der Waals surface area contributed by atoms with Crippen LogP contribution in [0.3, 0.4) is 0 Å². The third-order valence-corrected chi connectivity index (χ3v) is 4.74. The summed E-state index contributed by atoms with van der Waals surface area (Å²) in [7, 11) is 1.65. The second kappa shape index (κ2) is 6.99. The van der Waals surface area contributed by atoms with Gasteiger partial charge in [-0.25, -0.2) is 4.79 Å². The van der Waals surface area contributed by atoms with Crippen LogP contribution < -0.4 is 10.1 Å². The number of carbonyl (C=O) groups is 1. The lowest BCUT2D eigenvalue weighted by atomic mass is 10.1. The maximum atomic E-state index is 12.7. The van der Waals surface area contributed by atoms with Crippen molar-refractivity contribution in [1.29, 1.82) is 0 Å². The molecule has 5 nitrogen and oxygen atoms in total. The molecule has 5 heteroatoms. The molecular formula is C19H25N3O2. The number of methoxy groups -OCH3 is 1. The molecule has 2 amide bonds. The summed E-state index contributed by atoms with van der Waals surface area (Å²) >= 11 is 0. The van der Waals surface area contributed by atoms with E-state index in [1.165, 1.54) is 11.4 Å². The molecule has 1 aliphatic heterocycles. The van der Waals surface area contributed by atoms with Crippen molar-refractivity contribution in [1.82, 2.24) is 14.8 Å². The number of nitrogens with one attached hydrogen (secondary N) is 1. The quantitative estimate of drug-likeness (QED) is 0.934. The molecule has 0 spiro atoms. The van der Waals surface area contributed by atoms with Crippen molar-refractivity contribution in [3.63, 3.8) is 0 Å². The lowest BCUT2D eigenvalue weighted by Crippen LogP contribution is -2.46. The van der Waals surface area contributed by atoms with Crippen LogP contribution >= 0.6 is 0 Å². The van der Waals surface area contributed by atoms with Gasteiger partial charge in [0.1, 0.15) is 5.75 Å². The van der Waals surface area contributed by atoms with Gasteiger partial charge < -0.3 is 19.5 Å². The molecule has 1 N–H and O–H groups in total. The monoisotopic (exact) mass is 327 g/mol. The van der Waals surface area contributed by atoms with E-state index in [1.54, 1.807) is 7.11 Å². The van der Waals surface area contributed by atoms with Crippen molar-refractivity contribution in [2.75, 3.05) is 13.7 Å². The molecule has 0 radical (unpaired) electrons. The van der Waals surface area contributed by atoms with Crippen molar-refractivity contribution in [2.45, 2.75) is 39.4 Å². The highest BCUT2D eigenvalue weighted by Crippen LogP contribution is 2.30. The van der Waals surface area contributed by atoms with Crippen molar-refractivity contribution in [3.05, 3.63) is 53.3 Å². The van der Waals surface area contributed by atoms with E-state index < -0.39 is 0 Å². The SMILES string of the molecule is CCC1c2ccc(C)n2CCN1C(=O)NCc1cccc(OC)c1. The minimum absolute atomic E-state index is 0.00484. The van der Waals surface area contributed by atoms with Crippen LogP contribution in [0.1, 0.15) is 36.3 Å². The van der Waals surface area contributed by atoms with E-state index in [0.717, 1.165) is 30.8 Å². The van der Waals surface area contributed by atoms with Crippen molar-refractivity contribution in [2.24, 2.45) is 0 Å². The first-order chi connectivity index (χ1) is 11.6. The van der Waals surface area contributed by atoms with Crippen LogP contribution in [-0.4, -0.2) is 29.2 Å². The molecule has 1 aromatic heterocycles. The van der Waals surface area contributed by atoms with E-state index in [9.17, 15) is 4.79 Å². The molecule has 1 aliphatic rings. The highest BCUT2D eigenvalue weighted by molar-refractivity contribution is 5.75. The number of rotatable bonds is 4. The van der Waals surface area contributed by atoms with Crippen LogP contribution in [0.4, 0.5) is 4.79 Å². The van der Waals surface area contributed by atoms with Crippen molar-refractivity contribution >= 4 is 6.03 Å². The van der Waals surface area contributed by atoms with Crippen LogP contribution in [-0.2, 0) is 13.1 Å². The molecule has 1 aromatic carbocycles. The number of urea groups is 1. The number of hydrogen-bond donors (Lipinski definition) is 1. The van der Waals surface area contributed by atoms with Crippen LogP contribution in [0.25, 0.3) is 0 Å². The Balaban J connectivity index is 1.68. The molecule has 2 aromatic rings. The summed E-state index contributed by atoms with van der Waals surface area (Å²) in [6, 6.07) is 12.2. The van der Waals surface area contributed by atoms with E-state index in [1.807, 2.05) is 29.2 Å². The standard InChI is InChI=1S/C19H25N3O2/c1-4-17-18-9-8-14(2)21(18)10-11-22(17)19(23)20-13-15-6-5-7-16(12-15)24-3/h5-9,12,17H,4,10-11,13H2,1-3H3,(H,20,23). The first-order valence-corrected chi connectivity index (χ1v) is 8.47. The predicted octanol–water partition coefficient (Wildman–Crippen LogP) is 3.48. The van der Waals surface area contributed by atoms with Crippen LogP contribution in [0, 0.1) is 6.92 Å². The molecule has 0 fully saturated rings. The molecule has 1 atom stereocenters. The van der Waals surface area contributed by atoms with E-state index in [4.69, 9.17) is 4.74 Å². The highest BCUT2D eigenvalue weighted by Gasteiger charge is 2.30. The van der Waals surface area contributed by atoms with E-state index in [0.29, 0.717) is 6.54 Å². The van der Waals surface area contributed by atoms with Gasteiger partial charge in [0.2, 0.25) is 0 Å².